The van der Waals surface area contributed by atoms with Crippen LogP contribution in [0, 0.1) is 0 Å². The van der Waals surface area contributed by atoms with Crippen LogP contribution < -0.4 is 5.32 Å². The zero-order chi connectivity index (χ0) is 12.9. The van der Waals surface area contributed by atoms with Crippen LogP contribution >= 0.6 is 11.6 Å². The molecule has 0 aliphatic heterocycles. The number of amides is 1. The van der Waals surface area contributed by atoms with Gasteiger partial charge in [0, 0.05) is 18.3 Å². The van der Waals surface area contributed by atoms with E-state index in [1.54, 1.807) is 0 Å². The summed E-state index contributed by atoms with van der Waals surface area (Å²) in [6.45, 7) is 4.23. The summed E-state index contributed by atoms with van der Waals surface area (Å²) >= 11 is 5.62. The van der Waals surface area contributed by atoms with Crippen molar-refractivity contribution < 1.29 is 4.79 Å². The highest BCUT2D eigenvalue weighted by Crippen LogP contribution is 2.08. The number of nitrogens with one attached hydrogen (secondary N) is 1. The smallest absolute Gasteiger partial charge is 0.220 e. The summed E-state index contributed by atoms with van der Waals surface area (Å²) in [4.78, 5) is 11.5. The van der Waals surface area contributed by atoms with Crippen LogP contribution in [0.2, 0.25) is 0 Å². The molecular weight excluding hydrogens is 234 g/mol. The number of hydrogen-bond acceptors (Lipinski definition) is 1. The van der Waals surface area contributed by atoms with Gasteiger partial charge in [-0.05, 0) is 19.8 Å². The number of hydrogen-bond donors (Lipinski definition) is 1. The van der Waals surface area contributed by atoms with Gasteiger partial charge < -0.3 is 5.32 Å². The normalized spacial score (nSPS) is 12.4. The minimum atomic E-state index is 0.177. The maximum absolute atomic E-state index is 11.5. The number of carbonyl (C=O) groups is 1. The minimum Gasteiger partial charge on any atom is -0.354 e. The van der Waals surface area contributed by atoms with E-state index in [0.29, 0.717) is 12.3 Å². The van der Waals surface area contributed by atoms with Crippen LogP contribution in [0.1, 0.15) is 71.6 Å². The third-order valence-electron chi connectivity index (χ3n) is 2.96. The van der Waals surface area contributed by atoms with Crippen LogP contribution in [0.3, 0.4) is 0 Å². The van der Waals surface area contributed by atoms with E-state index in [1.807, 2.05) is 6.92 Å². The third-order valence-corrected chi connectivity index (χ3v) is 3.18. The summed E-state index contributed by atoms with van der Waals surface area (Å²) in [7, 11) is 0. The van der Waals surface area contributed by atoms with E-state index in [0.717, 1.165) is 12.8 Å². The van der Waals surface area contributed by atoms with E-state index in [1.165, 1.54) is 38.5 Å². The van der Waals surface area contributed by atoms with Gasteiger partial charge in [0.1, 0.15) is 0 Å². The van der Waals surface area contributed by atoms with Crippen LogP contribution in [0.4, 0.5) is 0 Å². The van der Waals surface area contributed by atoms with Crippen molar-refractivity contribution in [2.75, 3.05) is 5.88 Å². The maximum atomic E-state index is 11.5. The lowest BCUT2D eigenvalue weighted by Gasteiger charge is -2.11. The van der Waals surface area contributed by atoms with Crippen molar-refractivity contribution in [3.63, 3.8) is 0 Å². The Kier molecular flexibility index (Phi) is 12.1. The SMILES string of the molecule is CCCCCCCCCC(=O)NC(C)CCCl. The quantitative estimate of drug-likeness (QED) is 0.437. The Labute approximate surface area is 111 Å². The Morgan fingerprint density at radius 2 is 1.71 bits per heavy atom. The zero-order valence-electron chi connectivity index (χ0n) is 11.4. The molecule has 0 saturated heterocycles. The Bertz CT molecular complexity index is 185. The molecule has 17 heavy (non-hydrogen) atoms. The van der Waals surface area contributed by atoms with E-state index < -0.39 is 0 Å². The van der Waals surface area contributed by atoms with Gasteiger partial charge in [0.2, 0.25) is 5.91 Å². The Morgan fingerprint density at radius 1 is 1.12 bits per heavy atom. The van der Waals surface area contributed by atoms with Crippen LogP contribution in [-0.2, 0) is 4.79 Å². The molecule has 0 spiro atoms. The molecule has 1 amide bonds. The van der Waals surface area contributed by atoms with Crippen molar-refractivity contribution in [2.45, 2.75) is 77.7 Å². The first-order valence-electron chi connectivity index (χ1n) is 7.06. The summed E-state index contributed by atoms with van der Waals surface area (Å²) in [5.74, 6) is 0.787. The lowest BCUT2D eigenvalue weighted by Crippen LogP contribution is -2.32. The van der Waals surface area contributed by atoms with Crippen molar-refractivity contribution in [1.29, 1.82) is 0 Å². The molecule has 0 heterocycles. The lowest BCUT2D eigenvalue weighted by atomic mass is 10.1. The fourth-order valence-corrected chi connectivity index (χ4v) is 2.15. The van der Waals surface area contributed by atoms with Crippen molar-refractivity contribution in [3.05, 3.63) is 0 Å². The second-order valence-electron chi connectivity index (χ2n) is 4.82. The topological polar surface area (TPSA) is 29.1 Å². The number of alkyl halides is 1. The summed E-state index contributed by atoms with van der Waals surface area (Å²) in [6.07, 6.45) is 10.3. The van der Waals surface area contributed by atoms with Gasteiger partial charge in [0.05, 0.1) is 0 Å². The number of halogens is 1. The van der Waals surface area contributed by atoms with Gasteiger partial charge in [-0.25, -0.2) is 0 Å². The molecule has 1 unspecified atom stereocenters. The second kappa shape index (κ2) is 12.2. The molecule has 0 fully saturated rings. The van der Waals surface area contributed by atoms with E-state index in [2.05, 4.69) is 12.2 Å². The van der Waals surface area contributed by atoms with Gasteiger partial charge in [0.15, 0.2) is 0 Å². The zero-order valence-corrected chi connectivity index (χ0v) is 12.2. The molecule has 1 atom stereocenters. The monoisotopic (exact) mass is 261 g/mol. The third kappa shape index (κ3) is 12.0. The van der Waals surface area contributed by atoms with Gasteiger partial charge in [-0.1, -0.05) is 45.4 Å². The largest absolute Gasteiger partial charge is 0.354 e. The van der Waals surface area contributed by atoms with Crippen molar-refractivity contribution in [3.8, 4) is 0 Å². The molecule has 0 aromatic rings. The molecule has 0 aromatic heterocycles. The molecule has 0 rings (SSSR count). The highest BCUT2D eigenvalue weighted by Gasteiger charge is 2.05. The summed E-state index contributed by atoms with van der Waals surface area (Å²) in [5, 5.41) is 2.97. The van der Waals surface area contributed by atoms with E-state index in [-0.39, 0.29) is 11.9 Å². The van der Waals surface area contributed by atoms with Gasteiger partial charge in [-0.15, -0.1) is 11.6 Å². The summed E-state index contributed by atoms with van der Waals surface area (Å²) < 4.78 is 0. The van der Waals surface area contributed by atoms with Crippen LogP contribution in [0.15, 0.2) is 0 Å². The summed E-state index contributed by atoms with van der Waals surface area (Å²) in [5.41, 5.74) is 0. The van der Waals surface area contributed by atoms with Gasteiger partial charge in [0.25, 0.3) is 0 Å². The van der Waals surface area contributed by atoms with Crippen molar-refractivity contribution in [2.24, 2.45) is 0 Å². The fraction of sp³-hybridized carbons (Fsp3) is 0.929. The molecule has 0 aromatic carbocycles. The standard InChI is InChI=1S/C14H28ClNO/c1-3-4-5-6-7-8-9-10-14(17)16-13(2)11-12-15/h13H,3-12H2,1-2H3,(H,16,17). The molecule has 0 aliphatic carbocycles. The molecule has 3 heteroatoms. The Hall–Kier alpha value is -0.240. The molecule has 0 radical (unpaired) electrons. The molecule has 0 bridgehead atoms. The number of carbonyl (C=O) groups excluding carboxylic acids is 1. The highest BCUT2D eigenvalue weighted by molar-refractivity contribution is 6.17. The van der Waals surface area contributed by atoms with E-state index in [9.17, 15) is 4.79 Å². The molecule has 1 N–H and O–H groups in total. The van der Waals surface area contributed by atoms with Gasteiger partial charge in [-0.3, -0.25) is 4.79 Å². The molecule has 102 valence electrons. The lowest BCUT2D eigenvalue weighted by molar-refractivity contribution is -0.121. The molecule has 0 saturated carbocycles. The average Bonchev–Trinajstić information content (AvgIpc) is 2.28. The first-order chi connectivity index (χ1) is 8.20. The highest BCUT2D eigenvalue weighted by atomic mass is 35.5. The van der Waals surface area contributed by atoms with Crippen LogP contribution in [0.5, 0.6) is 0 Å². The van der Waals surface area contributed by atoms with Crippen molar-refractivity contribution in [1.82, 2.24) is 5.32 Å². The van der Waals surface area contributed by atoms with Gasteiger partial charge >= 0.3 is 0 Å². The predicted octanol–water partition coefficient (Wildman–Crippen LogP) is 4.26. The molecule has 0 aliphatic rings. The Morgan fingerprint density at radius 3 is 2.29 bits per heavy atom. The molecule has 2 nitrogen and oxygen atoms in total. The molecular formula is C14H28ClNO. The predicted molar refractivity (Wildman–Crippen MR) is 75.6 cm³/mol. The Balaban J connectivity index is 3.27. The summed E-state index contributed by atoms with van der Waals surface area (Å²) in [6, 6.07) is 0.213. The second-order valence-corrected chi connectivity index (χ2v) is 5.20. The van der Waals surface area contributed by atoms with E-state index in [4.69, 9.17) is 11.6 Å². The maximum Gasteiger partial charge on any atom is 0.220 e. The minimum absolute atomic E-state index is 0.177. The first kappa shape index (κ1) is 16.8. The van der Waals surface area contributed by atoms with Gasteiger partial charge in [-0.2, -0.15) is 0 Å². The first-order valence-corrected chi connectivity index (χ1v) is 7.59. The number of unbranched alkanes of at least 4 members (excludes halogenated alkanes) is 6. The van der Waals surface area contributed by atoms with Crippen LogP contribution in [0.25, 0.3) is 0 Å². The van der Waals surface area contributed by atoms with E-state index >= 15 is 0 Å². The van der Waals surface area contributed by atoms with Crippen LogP contribution in [-0.4, -0.2) is 17.8 Å². The number of rotatable bonds is 11. The average molecular weight is 262 g/mol. The van der Waals surface area contributed by atoms with Crippen molar-refractivity contribution >= 4 is 17.5 Å². The fourth-order valence-electron chi connectivity index (χ4n) is 1.83.